The minimum Gasteiger partial charge on any atom is -0.369 e. The third-order valence-electron chi connectivity index (χ3n) is 2.62. The Bertz CT molecular complexity index is 532. The predicted octanol–water partition coefficient (Wildman–Crippen LogP) is 1.97. The van der Waals surface area contributed by atoms with Crippen LogP contribution in [0.3, 0.4) is 0 Å². The molecule has 2 aromatic carbocycles. The Morgan fingerprint density at radius 2 is 1.37 bits per heavy atom. The number of aliphatic imine (C=N–C) groups is 1. The Hall–Kier alpha value is -2.62. The zero-order valence-corrected chi connectivity index (χ0v) is 10.7. The molecule has 0 atom stereocenters. The van der Waals surface area contributed by atoms with Gasteiger partial charge >= 0.3 is 0 Å². The highest BCUT2D eigenvalue weighted by atomic mass is 15.4. The van der Waals surface area contributed by atoms with Gasteiger partial charge in [0.1, 0.15) is 0 Å². The van der Waals surface area contributed by atoms with Crippen LogP contribution in [0, 0.1) is 0 Å². The van der Waals surface area contributed by atoms with Crippen molar-refractivity contribution < 1.29 is 0 Å². The molecule has 2 rings (SSSR count). The molecule has 0 heterocycles. The van der Waals surface area contributed by atoms with Crippen molar-refractivity contribution in [3.8, 4) is 0 Å². The molecule has 0 saturated heterocycles. The van der Waals surface area contributed by atoms with Crippen molar-refractivity contribution in [3.05, 3.63) is 71.8 Å². The van der Waals surface area contributed by atoms with Gasteiger partial charge in [-0.05, 0) is 0 Å². The second kappa shape index (κ2) is 6.35. The summed E-state index contributed by atoms with van der Waals surface area (Å²) in [7, 11) is 1.61. The van der Waals surface area contributed by atoms with Gasteiger partial charge in [0.05, 0.1) is 5.71 Å². The summed E-state index contributed by atoms with van der Waals surface area (Å²) in [6.45, 7) is 0. The summed E-state index contributed by atoms with van der Waals surface area (Å²) in [5.41, 5.74) is 11.2. The largest absolute Gasteiger partial charge is 0.369 e. The van der Waals surface area contributed by atoms with Gasteiger partial charge in [0.15, 0.2) is 0 Å². The summed E-state index contributed by atoms with van der Waals surface area (Å²) in [6.07, 6.45) is 0. The van der Waals surface area contributed by atoms with Crippen LogP contribution in [0.5, 0.6) is 0 Å². The topological polar surface area (TPSA) is 62.8 Å². The van der Waals surface area contributed by atoms with Gasteiger partial charge in [-0.2, -0.15) is 5.10 Å². The molecule has 0 aliphatic carbocycles. The Balaban J connectivity index is 2.40. The maximum absolute atomic E-state index is 5.61. The molecule has 0 bridgehead atoms. The Morgan fingerprint density at radius 3 is 1.79 bits per heavy atom. The standard InChI is InChI=1S/C15H16N4/c1-17-15(16)19-18-14(12-8-4-2-5-9-12)13-10-6-3-7-11-13/h2-11H,1H3,(H3,16,17,19). The number of hydrogen-bond acceptors (Lipinski definition) is 2. The Morgan fingerprint density at radius 1 is 0.895 bits per heavy atom. The molecule has 96 valence electrons. The first kappa shape index (κ1) is 12.8. The molecule has 0 aliphatic heterocycles. The Labute approximate surface area is 112 Å². The van der Waals surface area contributed by atoms with Gasteiger partial charge in [-0.25, -0.2) is 5.43 Å². The van der Waals surface area contributed by atoms with Gasteiger partial charge in [0.2, 0.25) is 5.96 Å². The van der Waals surface area contributed by atoms with E-state index in [1.165, 1.54) is 0 Å². The lowest BCUT2D eigenvalue weighted by atomic mass is 10.0. The van der Waals surface area contributed by atoms with Crippen LogP contribution in [0.1, 0.15) is 11.1 Å². The van der Waals surface area contributed by atoms with Gasteiger partial charge in [0.25, 0.3) is 0 Å². The van der Waals surface area contributed by atoms with E-state index < -0.39 is 0 Å². The van der Waals surface area contributed by atoms with E-state index in [0.29, 0.717) is 0 Å². The second-order valence-electron chi connectivity index (χ2n) is 3.91. The summed E-state index contributed by atoms with van der Waals surface area (Å²) >= 11 is 0. The van der Waals surface area contributed by atoms with Crippen LogP contribution < -0.4 is 11.2 Å². The van der Waals surface area contributed by atoms with Crippen LogP contribution in [0.4, 0.5) is 0 Å². The summed E-state index contributed by atoms with van der Waals surface area (Å²) in [5, 5.41) is 4.35. The van der Waals surface area contributed by atoms with Crippen LogP contribution >= 0.6 is 0 Å². The molecule has 0 spiro atoms. The van der Waals surface area contributed by atoms with Crippen LogP contribution in [-0.2, 0) is 0 Å². The summed E-state index contributed by atoms with van der Waals surface area (Å²) in [4.78, 5) is 3.82. The van der Waals surface area contributed by atoms with Gasteiger partial charge in [-0.3, -0.25) is 4.99 Å². The van der Waals surface area contributed by atoms with Crippen LogP contribution in [-0.4, -0.2) is 18.7 Å². The maximum Gasteiger partial charge on any atom is 0.209 e. The van der Waals surface area contributed by atoms with E-state index in [4.69, 9.17) is 5.73 Å². The first-order valence-electron chi connectivity index (χ1n) is 5.98. The highest BCUT2D eigenvalue weighted by Crippen LogP contribution is 2.10. The smallest absolute Gasteiger partial charge is 0.209 e. The first-order valence-corrected chi connectivity index (χ1v) is 5.98. The van der Waals surface area contributed by atoms with E-state index in [-0.39, 0.29) is 5.96 Å². The van der Waals surface area contributed by atoms with E-state index in [0.717, 1.165) is 16.8 Å². The number of nitrogens with two attached hydrogens (primary N) is 1. The molecule has 0 aliphatic rings. The average Bonchev–Trinajstić information content (AvgIpc) is 2.49. The Kier molecular flexibility index (Phi) is 4.29. The monoisotopic (exact) mass is 252 g/mol. The molecule has 0 unspecified atom stereocenters. The SMILES string of the molecule is CN=C(N)NN=C(c1ccccc1)c1ccccc1. The third-order valence-corrected chi connectivity index (χ3v) is 2.62. The fourth-order valence-electron chi connectivity index (χ4n) is 1.65. The fourth-order valence-corrected chi connectivity index (χ4v) is 1.65. The number of rotatable bonds is 3. The van der Waals surface area contributed by atoms with Crippen molar-refractivity contribution in [2.24, 2.45) is 15.8 Å². The lowest BCUT2D eigenvalue weighted by molar-refractivity contribution is 0.999. The molecule has 0 saturated carbocycles. The number of nitrogens with zero attached hydrogens (tertiary/aromatic N) is 2. The number of nitrogens with one attached hydrogen (secondary N) is 1. The predicted molar refractivity (Wildman–Crippen MR) is 79.2 cm³/mol. The third kappa shape index (κ3) is 3.42. The van der Waals surface area contributed by atoms with E-state index in [2.05, 4.69) is 15.5 Å². The minimum absolute atomic E-state index is 0.282. The lowest BCUT2D eigenvalue weighted by Gasteiger charge is -2.07. The van der Waals surface area contributed by atoms with E-state index in [1.54, 1.807) is 7.05 Å². The average molecular weight is 252 g/mol. The summed E-state index contributed by atoms with van der Waals surface area (Å²) in [5.74, 6) is 0.282. The summed E-state index contributed by atoms with van der Waals surface area (Å²) < 4.78 is 0. The van der Waals surface area contributed by atoms with Gasteiger partial charge in [-0.1, -0.05) is 60.7 Å². The molecular formula is C15H16N4. The number of guanidine groups is 1. The van der Waals surface area contributed by atoms with Crippen molar-refractivity contribution in [1.82, 2.24) is 5.43 Å². The quantitative estimate of drug-likeness (QED) is 0.498. The normalized spacial score (nSPS) is 10.9. The second-order valence-corrected chi connectivity index (χ2v) is 3.91. The van der Waals surface area contributed by atoms with E-state index >= 15 is 0 Å². The zero-order chi connectivity index (χ0) is 13.5. The maximum atomic E-state index is 5.61. The van der Waals surface area contributed by atoms with Crippen molar-refractivity contribution in [2.75, 3.05) is 7.05 Å². The molecule has 4 heteroatoms. The number of hydrazone groups is 1. The highest BCUT2D eigenvalue weighted by molar-refractivity contribution is 6.13. The molecule has 19 heavy (non-hydrogen) atoms. The van der Waals surface area contributed by atoms with Crippen LogP contribution in [0.15, 0.2) is 70.8 Å². The molecular weight excluding hydrogens is 236 g/mol. The molecule has 2 aromatic rings. The van der Waals surface area contributed by atoms with Crippen molar-refractivity contribution in [2.45, 2.75) is 0 Å². The van der Waals surface area contributed by atoms with Crippen molar-refractivity contribution >= 4 is 11.7 Å². The van der Waals surface area contributed by atoms with Crippen LogP contribution in [0.25, 0.3) is 0 Å². The number of hydrogen-bond donors (Lipinski definition) is 2. The fraction of sp³-hybridized carbons (Fsp3) is 0.0667. The van der Waals surface area contributed by atoms with Crippen molar-refractivity contribution in [3.63, 3.8) is 0 Å². The first-order chi connectivity index (χ1) is 9.31. The van der Waals surface area contributed by atoms with Gasteiger partial charge in [0, 0.05) is 18.2 Å². The molecule has 0 aromatic heterocycles. The zero-order valence-electron chi connectivity index (χ0n) is 10.7. The lowest BCUT2D eigenvalue weighted by Crippen LogP contribution is -2.28. The molecule has 3 N–H and O–H groups in total. The van der Waals surface area contributed by atoms with Crippen molar-refractivity contribution in [1.29, 1.82) is 0 Å². The molecule has 0 fully saturated rings. The summed E-state index contributed by atoms with van der Waals surface area (Å²) in [6, 6.07) is 19.9. The minimum atomic E-state index is 0.282. The van der Waals surface area contributed by atoms with E-state index in [9.17, 15) is 0 Å². The van der Waals surface area contributed by atoms with Crippen LogP contribution in [0.2, 0.25) is 0 Å². The highest BCUT2D eigenvalue weighted by Gasteiger charge is 2.06. The molecule has 0 amide bonds. The van der Waals surface area contributed by atoms with Gasteiger partial charge < -0.3 is 5.73 Å². The number of benzene rings is 2. The van der Waals surface area contributed by atoms with E-state index in [1.807, 2.05) is 60.7 Å². The van der Waals surface area contributed by atoms with Gasteiger partial charge in [-0.15, -0.1) is 0 Å². The molecule has 0 radical (unpaired) electrons. The molecule has 4 nitrogen and oxygen atoms in total.